The highest BCUT2D eigenvalue weighted by Gasteiger charge is 2.34. The van der Waals surface area contributed by atoms with Crippen molar-refractivity contribution in [2.24, 2.45) is 0 Å². The van der Waals surface area contributed by atoms with Gasteiger partial charge in [0.15, 0.2) is 0 Å². The van der Waals surface area contributed by atoms with Crippen LogP contribution in [0.1, 0.15) is 19.8 Å². The first kappa shape index (κ1) is 16.3. The molecule has 19 heavy (non-hydrogen) atoms. The average Bonchev–Trinajstić information content (AvgIpc) is 2.40. The molecule has 0 saturated carbocycles. The number of thioether (sulfide) groups is 1. The number of hydrogen-bond acceptors (Lipinski definition) is 5. The number of carbonyl (C=O) groups excluding carboxylic acids is 1. The van der Waals surface area contributed by atoms with Crippen molar-refractivity contribution in [1.29, 1.82) is 5.26 Å². The van der Waals surface area contributed by atoms with Crippen molar-refractivity contribution in [2.45, 2.75) is 30.6 Å². The minimum Gasteiger partial charge on any atom is -0.383 e. The molecule has 0 aromatic heterocycles. The summed E-state index contributed by atoms with van der Waals surface area (Å²) in [6.07, 6.45) is 3.63. The van der Waals surface area contributed by atoms with Crippen molar-refractivity contribution in [3.63, 3.8) is 0 Å². The predicted molar refractivity (Wildman–Crippen MR) is 77.0 cm³/mol. The van der Waals surface area contributed by atoms with Crippen LogP contribution in [-0.4, -0.2) is 61.2 Å². The van der Waals surface area contributed by atoms with E-state index in [0.717, 1.165) is 25.9 Å². The zero-order valence-corrected chi connectivity index (χ0v) is 12.8. The largest absolute Gasteiger partial charge is 0.383 e. The van der Waals surface area contributed by atoms with E-state index in [1.165, 1.54) is 0 Å². The van der Waals surface area contributed by atoms with E-state index in [1.54, 1.807) is 18.9 Å². The maximum Gasteiger partial charge on any atom is 0.234 e. The second-order valence-electron chi connectivity index (χ2n) is 5.01. The number of hydrogen-bond donors (Lipinski definition) is 1. The van der Waals surface area contributed by atoms with Crippen molar-refractivity contribution in [2.75, 3.05) is 39.6 Å². The molecule has 1 rings (SSSR count). The summed E-state index contributed by atoms with van der Waals surface area (Å²) in [5.41, 5.74) is 0. The van der Waals surface area contributed by atoms with Crippen molar-refractivity contribution < 1.29 is 9.53 Å². The molecule has 5 nitrogen and oxygen atoms in total. The molecule has 0 aromatic rings. The van der Waals surface area contributed by atoms with Gasteiger partial charge in [0.2, 0.25) is 5.91 Å². The van der Waals surface area contributed by atoms with Gasteiger partial charge in [-0.25, -0.2) is 0 Å². The predicted octanol–water partition coefficient (Wildman–Crippen LogP) is 0.859. The molecule has 1 N–H and O–H groups in total. The van der Waals surface area contributed by atoms with Gasteiger partial charge < -0.3 is 10.1 Å². The minimum absolute atomic E-state index is 0.0261. The molecule has 0 radical (unpaired) electrons. The van der Waals surface area contributed by atoms with Crippen LogP contribution >= 0.6 is 11.8 Å². The summed E-state index contributed by atoms with van der Waals surface area (Å²) in [6, 6.07) is 2.44. The molecule has 1 aliphatic rings. The molecule has 1 saturated heterocycles. The fraction of sp³-hybridized carbons (Fsp3) is 0.846. The molecule has 1 fully saturated rings. The highest BCUT2D eigenvalue weighted by atomic mass is 32.2. The van der Waals surface area contributed by atoms with Gasteiger partial charge in [-0.15, -0.1) is 11.8 Å². The molecule has 1 aliphatic heterocycles. The number of likely N-dealkylation sites (tertiary alicyclic amines) is 1. The summed E-state index contributed by atoms with van der Waals surface area (Å²) in [6.45, 7) is 4.46. The van der Waals surface area contributed by atoms with Crippen molar-refractivity contribution in [3.05, 3.63) is 0 Å². The molecule has 0 aliphatic carbocycles. The van der Waals surface area contributed by atoms with Crippen LogP contribution in [0.15, 0.2) is 0 Å². The van der Waals surface area contributed by atoms with Gasteiger partial charge in [-0.1, -0.05) is 0 Å². The number of carbonyl (C=O) groups is 1. The summed E-state index contributed by atoms with van der Waals surface area (Å²) in [5, 5.41) is 12.1. The zero-order chi connectivity index (χ0) is 14.3. The summed E-state index contributed by atoms with van der Waals surface area (Å²) < 4.78 is 4.73. The van der Waals surface area contributed by atoms with E-state index in [1.807, 2.05) is 13.2 Å². The third kappa shape index (κ3) is 5.01. The monoisotopic (exact) mass is 285 g/mol. The van der Waals surface area contributed by atoms with E-state index in [2.05, 4.69) is 16.3 Å². The first-order chi connectivity index (χ1) is 9.05. The Morgan fingerprint density at radius 3 is 2.68 bits per heavy atom. The number of piperidine rings is 1. The molecule has 0 bridgehead atoms. The Bertz CT molecular complexity index is 335. The SMILES string of the molecule is COCC(C)NC(=O)CN1CCC(C#N)(SC)CC1. The van der Waals surface area contributed by atoms with Crippen molar-refractivity contribution >= 4 is 17.7 Å². The number of amides is 1. The van der Waals surface area contributed by atoms with E-state index in [9.17, 15) is 10.1 Å². The fourth-order valence-corrected chi connectivity index (χ4v) is 2.93. The molecular weight excluding hydrogens is 262 g/mol. The molecular formula is C13H23N3O2S. The first-order valence-electron chi connectivity index (χ1n) is 6.52. The number of rotatable bonds is 6. The Morgan fingerprint density at radius 2 is 2.21 bits per heavy atom. The first-order valence-corrected chi connectivity index (χ1v) is 7.75. The summed E-state index contributed by atoms with van der Waals surface area (Å²) in [7, 11) is 1.62. The topological polar surface area (TPSA) is 65.4 Å². The number of nitrogens with zero attached hydrogens (tertiary/aromatic N) is 2. The van der Waals surface area contributed by atoms with Gasteiger partial charge >= 0.3 is 0 Å². The number of ether oxygens (including phenoxy) is 1. The maximum atomic E-state index is 11.8. The third-order valence-corrected chi connectivity index (χ3v) is 4.73. The Hall–Kier alpha value is -0.770. The van der Waals surface area contributed by atoms with E-state index < -0.39 is 0 Å². The average molecular weight is 285 g/mol. The molecule has 1 heterocycles. The van der Waals surface area contributed by atoms with Gasteiger partial charge in [0.05, 0.1) is 19.2 Å². The molecule has 1 atom stereocenters. The van der Waals surface area contributed by atoms with Crippen LogP contribution < -0.4 is 5.32 Å². The van der Waals surface area contributed by atoms with Gasteiger partial charge in [-0.2, -0.15) is 5.26 Å². The van der Waals surface area contributed by atoms with E-state index in [-0.39, 0.29) is 16.7 Å². The van der Waals surface area contributed by atoms with Crippen molar-refractivity contribution in [1.82, 2.24) is 10.2 Å². The number of methoxy groups -OCH3 is 1. The van der Waals surface area contributed by atoms with Gasteiger partial charge in [0.25, 0.3) is 0 Å². The smallest absolute Gasteiger partial charge is 0.234 e. The van der Waals surface area contributed by atoms with Crippen LogP contribution in [0.3, 0.4) is 0 Å². The fourth-order valence-electron chi connectivity index (χ4n) is 2.25. The molecule has 1 amide bonds. The third-order valence-electron chi connectivity index (χ3n) is 3.45. The Balaban J connectivity index is 2.33. The lowest BCUT2D eigenvalue weighted by Crippen LogP contribution is -2.47. The quantitative estimate of drug-likeness (QED) is 0.784. The minimum atomic E-state index is -0.254. The maximum absolute atomic E-state index is 11.8. The molecule has 0 aromatic carbocycles. The van der Waals surface area contributed by atoms with Crippen LogP contribution in [0.25, 0.3) is 0 Å². The van der Waals surface area contributed by atoms with E-state index in [4.69, 9.17) is 4.74 Å². The van der Waals surface area contributed by atoms with Crippen LogP contribution in [0.2, 0.25) is 0 Å². The summed E-state index contributed by atoms with van der Waals surface area (Å²) >= 11 is 1.63. The van der Waals surface area contributed by atoms with E-state index >= 15 is 0 Å². The standard InChI is InChI=1S/C13H23N3O2S/c1-11(9-18-2)15-12(17)8-16-6-4-13(10-14,19-3)5-7-16/h11H,4-9H2,1-3H3,(H,15,17). The van der Waals surface area contributed by atoms with Gasteiger partial charge in [0, 0.05) is 26.2 Å². The van der Waals surface area contributed by atoms with Crippen LogP contribution in [0, 0.1) is 11.3 Å². The lowest BCUT2D eigenvalue weighted by molar-refractivity contribution is -0.123. The van der Waals surface area contributed by atoms with Gasteiger partial charge in [0.1, 0.15) is 4.75 Å². The normalized spacial score (nSPS) is 20.5. The Labute approximate surface area is 119 Å². The van der Waals surface area contributed by atoms with Crippen LogP contribution in [0.5, 0.6) is 0 Å². The van der Waals surface area contributed by atoms with E-state index in [0.29, 0.717) is 13.2 Å². The van der Waals surface area contributed by atoms with Crippen LogP contribution in [-0.2, 0) is 9.53 Å². The Morgan fingerprint density at radius 1 is 1.58 bits per heavy atom. The van der Waals surface area contributed by atoms with Crippen LogP contribution in [0.4, 0.5) is 0 Å². The second kappa shape index (κ2) is 7.73. The molecule has 108 valence electrons. The summed E-state index contributed by atoms with van der Waals surface area (Å²) in [5.74, 6) is 0.0261. The molecule has 0 spiro atoms. The second-order valence-corrected chi connectivity index (χ2v) is 6.20. The highest BCUT2D eigenvalue weighted by molar-refractivity contribution is 8.00. The van der Waals surface area contributed by atoms with Crippen molar-refractivity contribution in [3.8, 4) is 6.07 Å². The summed E-state index contributed by atoms with van der Waals surface area (Å²) in [4.78, 5) is 13.9. The molecule has 1 unspecified atom stereocenters. The number of nitrogens with one attached hydrogen (secondary N) is 1. The lowest BCUT2D eigenvalue weighted by Gasteiger charge is -2.35. The highest BCUT2D eigenvalue weighted by Crippen LogP contribution is 2.33. The Kier molecular flexibility index (Phi) is 6.63. The lowest BCUT2D eigenvalue weighted by atomic mass is 9.97. The molecule has 6 heteroatoms. The van der Waals surface area contributed by atoms with Gasteiger partial charge in [-0.3, -0.25) is 9.69 Å². The zero-order valence-electron chi connectivity index (χ0n) is 11.9. The van der Waals surface area contributed by atoms with Gasteiger partial charge in [-0.05, 0) is 26.0 Å². The number of nitriles is 1.